The lowest BCUT2D eigenvalue weighted by Gasteiger charge is -2.28. The first-order valence-corrected chi connectivity index (χ1v) is 13.2. The molecule has 1 heterocycles. The summed E-state index contributed by atoms with van der Waals surface area (Å²) >= 11 is 0. The van der Waals surface area contributed by atoms with E-state index in [4.69, 9.17) is 5.11 Å². The number of hydrogen-bond acceptors (Lipinski definition) is 2. The first-order valence-electron chi connectivity index (χ1n) is 13.2. The summed E-state index contributed by atoms with van der Waals surface area (Å²) in [6.45, 7) is 5.10. The molecule has 2 aromatic rings. The molecule has 1 aliphatic rings. The zero-order chi connectivity index (χ0) is 22.6. The van der Waals surface area contributed by atoms with Gasteiger partial charge in [0, 0.05) is 30.5 Å². The Balaban J connectivity index is 1.58. The minimum Gasteiger partial charge on any atom is -0.396 e. The Labute approximate surface area is 196 Å². The van der Waals surface area contributed by atoms with E-state index >= 15 is 0 Å². The van der Waals surface area contributed by atoms with Gasteiger partial charge in [-0.1, -0.05) is 126 Å². The normalized spacial score (nSPS) is 23.1. The van der Waals surface area contributed by atoms with Crippen LogP contribution in [0.2, 0.25) is 0 Å². The van der Waals surface area contributed by atoms with E-state index in [9.17, 15) is 0 Å². The van der Waals surface area contributed by atoms with Crippen molar-refractivity contribution in [2.45, 2.75) is 102 Å². The van der Waals surface area contributed by atoms with Crippen molar-refractivity contribution >= 4 is 0 Å². The van der Waals surface area contributed by atoms with Crippen LogP contribution >= 0.6 is 0 Å². The Morgan fingerprint density at radius 3 is 1.62 bits per heavy atom. The van der Waals surface area contributed by atoms with E-state index in [0.717, 1.165) is 6.42 Å². The minimum atomic E-state index is 0.349. The maximum atomic E-state index is 8.87. The molecule has 0 aliphatic carbocycles. The second-order valence-electron chi connectivity index (χ2n) is 10.1. The second kappa shape index (κ2) is 13.8. The maximum Gasteiger partial charge on any atom is 0.0431 e. The van der Waals surface area contributed by atoms with Crippen LogP contribution in [0.25, 0.3) is 0 Å². The lowest BCUT2D eigenvalue weighted by Crippen LogP contribution is -2.35. The Bertz CT molecular complexity index is 729. The van der Waals surface area contributed by atoms with Gasteiger partial charge in [-0.15, -0.1) is 0 Å². The zero-order valence-electron chi connectivity index (χ0n) is 20.4. The van der Waals surface area contributed by atoms with Gasteiger partial charge in [-0.2, -0.15) is 0 Å². The van der Waals surface area contributed by atoms with Gasteiger partial charge in [0.2, 0.25) is 0 Å². The van der Waals surface area contributed by atoms with Crippen molar-refractivity contribution in [1.82, 2.24) is 5.32 Å². The SMILES string of the molecule is CC(C)[C@@H]1N[C@H](CCCCCCCCCCCO)[C@H](c2ccccc2)[C@H]1c1ccccc1. The molecule has 2 aromatic carbocycles. The number of nitrogens with one attached hydrogen (secondary N) is 1. The number of hydrogen-bond donors (Lipinski definition) is 2. The molecular weight excluding hydrogens is 390 g/mol. The predicted molar refractivity (Wildman–Crippen MR) is 137 cm³/mol. The van der Waals surface area contributed by atoms with Crippen molar-refractivity contribution in [1.29, 1.82) is 0 Å². The zero-order valence-corrected chi connectivity index (χ0v) is 20.4. The molecule has 2 heteroatoms. The van der Waals surface area contributed by atoms with Crippen LogP contribution in [0.15, 0.2) is 60.7 Å². The predicted octanol–water partition coefficient (Wildman–Crippen LogP) is 7.44. The molecule has 0 saturated carbocycles. The van der Waals surface area contributed by atoms with Crippen LogP contribution in [-0.4, -0.2) is 23.8 Å². The van der Waals surface area contributed by atoms with Gasteiger partial charge in [0.15, 0.2) is 0 Å². The van der Waals surface area contributed by atoms with Crippen LogP contribution < -0.4 is 5.32 Å². The summed E-state index contributed by atoms with van der Waals surface area (Å²) in [4.78, 5) is 0. The van der Waals surface area contributed by atoms with Gasteiger partial charge in [-0.3, -0.25) is 0 Å². The van der Waals surface area contributed by atoms with Gasteiger partial charge >= 0.3 is 0 Å². The number of rotatable bonds is 14. The summed E-state index contributed by atoms with van der Waals surface area (Å²) in [6, 6.07) is 23.5. The highest BCUT2D eigenvalue weighted by atomic mass is 16.2. The van der Waals surface area contributed by atoms with Crippen molar-refractivity contribution in [2.24, 2.45) is 5.92 Å². The number of aliphatic hydroxyl groups excluding tert-OH is 1. The number of benzene rings is 2. The van der Waals surface area contributed by atoms with Crippen molar-refractivity contribution in [3.8, 4) is 0 Å². The summed E-state index contributed by atoms with van der Waals surface area (Å²) in [7, 11) is 0. The van der Waals surface area contributed by atoms with Crippen molar-refractivity contribution < 1.29 is 5.11 Å². The molecule has 1 fully saturated rings. The highest BCUT2D eigenvalue weighted by molar-refractivity contribution is 5.34. The third-order valence-electron chi connectivity index (χ3n) is 7.37. The first kappa shape index (κ1) is 25.0. The van der Waals surface area contributed by atoms with Crippen LogP contribution in [0.5, 0.6) is 0 Å². The van der Waals surface area contributed by atoms with Crippen LogP contribution in [0.1, 0.15) is 101 Å². The van der Waals surface area contributed by atoms with E-state index in [-0.39, 0.29) is 0 Å². The van der Waals surface area contributed by atoms with Gasteiger partial charge in [-0.25, -0.2) is 0 Å². The quantitative estimate of drug-likeness (QED) is 0.302. The molecule has 176 valence electrons. The van der Waals surface area contributed by atoms with E-state index in [1.54, 1.807) is 0 Å². The standard InChI is InChI=1S/C30H45NO/c1-24(2)30-29(26-20-14-11-15-21-26)28(25-18-12-10-13-19-25)27(31-30)22-16-8-6-4-3-5-7-9-17-23-32/h10-15,18-21,24,27-32H,3-9,16-17,22-23H2,1-2H3/t27-,28+,29-,30+/m1/s1. The molecule has 2 nitrogen and oxygen atoms in total. The van der Waals surface area contributed by atoms with E-state index < -0.39 is 0 Å². The lowest BCUT2D eigenvalue weighted by molar-refractivity contribution is 0.282. The average molecular weight is 436 g/mol. The third kappa shape index (κ3) is 7.18. The van der Waals surface area contributed by atoms with Crippen molar-refractivity contribution in [2.75, 3.05) is 6.61 Å². The van der Waals surface area contributed by atoms with Crippen LogP contribution in [0, 0.1) is 5.92 Å². The van der Waals surface area contributed by atoms with Gasteiger partial charge in [0.1, 0.15) is 0 Å². The topological polar surface area (TPSA) is 32.3 Å². The average Bonchev–Trinajstić information content (AvgIpc) is 3.21. The smallest absolute Gasteiger partial charge is 0.0431 e. The Morgan fingerprint density at radius 1 is 0.656 bits per heavy atom. The molecule has 2 N–H and O–H groups in total. The van der Waals surface area contributed by atoms with Gasteiger partial charge < -0.3 is 10.4 Å². The van der Waals surface area contributed by atoms with Gasteiger partial charge in [0.25, 0.3) is 0 Å². The first-order chi connectivity index (χ1) is 15.7. The molecule has 32 heavy (non-hydrogen) atoms. The van der Waals surface area contributed by atoms with Gasteiger partial charge in [-0.05, 0) is 29.9 Å². The van der Waals surface area contributed by atoms with E-state index in [1.807, 2.05) is 0 Å². The summed E-state index contributed by atoms with van der Waals surface area (Å²) in [5, 5.41) is 13.0. The van der Waals surface area contributed by atoms with Crippen molar-refractivity contribution in [3.63, 3.8) is 0 Å². The Morgan fingerprint density at radius 2 is 1.12 bits per heavy atom. The second-order valence-corrected chi connectivity index (χ2v) is 10.1. The Kier molecular flexibility index (Phi) is 10.8. The van der Waals surface area contributed by atoms with E-state index in [0.29, 0.717) is 36.4 Å². The summed E-state index contributed by atoms with van der Waals surface area (Å²) < 4.78 is 0. The molecule has 0 unspecified atom stereocenters. The largest absolute Gasteiger partial charge is 0.396 e. The monoisotopic (exact) mass is 435 g/mol. The fourth-order valence-corrected chi connectivity index (χ4v) is 5.72. The molecule has 0 bridgehead atoms. The summed E-state index contributed by atoms with van der Waals surface area (Å²) in [5.74, 6) is 1.68. The fourth-order valence-electron chi connectivity index (χ4n) is 5.72. The molecular formula is C30H45NO. The molecule has 1 saturated heterocycles. The number of aliphatic hydroxyl groups is 1. The molecule has 0 aromatic heterocycles. The lowest BCUT2D eigenvalue weighted by atomic mass is 9.74. The fraction of sp³-hybridized carbons (Fsp3) is 0.600. The highest BCUT2D eigenvalue weighted by Gasteiger charge is 2.44. The highest BCUT2D eigenvalue weighted by Crippen LogP contribution is 2.46. The summed E-state index contributed by atoms with van der Waals surface area (Å²) in [6.07, 6.45) is 12.8. The summed E-state index contributed by atoms with van der Waals surface area (Å²) in [5.41, 5.74) is 2.97. The molecule has 0 spiro atoms. The van der Waals surface area contributed by atoms with Crippen molar-refractivity contribution in [3.05, 3.63) is 71.8 Å². The van der Waals surface area contributed by atoms with Crippen LogP contribution in [0.3, 0.4) is 0 Å². The third-order valence-corrected chi connectivity index (χ3v) is 7.37. The number of unbranched alkanes of at least 4 members (excludes halogenated alkanes) is 8. The van der Waals surface area contributed by atoms with Crippen LogP contribution in [-0.2, 0) is 0 Å². The molecule has 3 rings (SSSR count). The molecule has 4 atom stereocenters. The van der Waals surface area contributed by atoms with Crippen LogP contribution in [0.4, 0.5) is 0 Å². The van der Waals surface area contributed by atoms with E-state index in [1.165, 1.54) is 68.9 Å². The minimum absolute atomic E-state index is 0.349. The Hall–Kier alpha value is -1.64. The molecule has 0 radical (unpaired) electrons. The van der Waals surface area contributed by atoms with Gasteiger partial charge in [0.05, 0.1) is 0 Å². The molecule has 0 amide bonds. The van der Waals surface area contributed by atoms with E-state index in [2.05, 4.69) is 79.8 Å². The maximum absolute atomic E-state index is 8.87. The molecule has 1 aliphatic heterocycles.